The molecule has 4 heteroatoms. The second kappa shape index (κ2) is 6.31. The van der Waals surface area contributed by atoms with Crippen molar-refractivity contribution < 1.29 is 9.21 Å². The highest BCUT2D eigenvalue weighted by Crippen LogP contribution is 2.29. The molecule has 114 valence electrons. The van der Waals surface area contributed by atoms with E-state index < -0.39 is 0 Å². The van der Waals surface area contributed by atoms with Gasteiger partial charge in [0.05, 0.1) is 12.7 Å². The smallest absolute Gasteiger partial charge is 0.224 e. The summed E-state index contributed by atoms with van der Waals surface area (Å²) >= 11 is 0. The average Bonchev–Trinajstić information content (AvgIpc) is 2.79. The second-order valence-corrected chi connectivity index (χ2v) is 6.00. The zero-order chi connectivity index (χ0) is 15.6. The van der Waals surface area contributed by atoms with Crippen molar-refractivity contribution in [2.75, 3.05) is 6.54 Å². The lowest BCUT2D eigenvalue weighted by molar-refractivity contribution is -0.120. The number of benzene rings is 1. The summed E-state index contributed by atoms with van der Waals surface area (Å²) in [7, 11) is 0. The summed E-state index contributed by atoms with van der Waals surface area (Å²) in [4.78, 5) is 12.0. The average molecular weight is 288 g/mol. The van der Waals surface area contributed by atoms with E-state index in [1.165, 1.54) is 11.1 Å². The monoisotopic (exact) mass is 288 g/mol. The Morgan fingerprint density at radius 1 is 1.33 bits per heavy atom. The molecular weight excluding hydrogens is 264 g/mol. The second-order valence-electron chi connectivity index (χ2n) is 6.00. The van der Waals surface area contributed by atoms with Gasteiger partial charge in [0.15, 0.2) is 0 Å². The number of nitrogens with one attached hydrogen (secondary N) is 1. The number of carbonyl (C=O) groups excluding carboxylic acids is 1. The first-order valence-corrected chi connectivity index (χ1v) is 7.42. The van der Waals surface area contributed by atoms with Gasteiger partial charge >= 0.3 is 0 Å². The van der Waals surface area contributed by atoms with Crippen molar-refractivity contribution in [3.63, 3.8) is 0 Å². The highest BCUT2D eigenvalue weighted by molar-refractivity contribution is 5.88. The van der Waals surface area contributed by atoms with E-state index in [1.807, 2.05) is 6.92 Å². The lowest BCUT2D eigenvalue weighted by Gasteiger charge is -2.11. The third kappa shape index (κ3) is 3.45. The molecule has 0 aliphatic carbocycles. The molecule has 0 spiro atoms. The molecule has 2 rings (SSSR count). The molecule has 0 bridgehead atoms. The van der Waals surface area contributed by atoms with Gasteiger partial charge in [-0.1, -0.05) is 13.8 Å². The predicted molar refractivity (Wildman–Crippen MR) is 85.4 cm³/mol. The third-order valence-corrected chi connectivity index (χ3v) is 3.78. The van der Waals surface area contributed by atoms with Crippen molar-refractivity contribution >= 4 is 16.9 Å². The minimum Gasteiger partial charge on any atom is -0.464 e. The summed E-state index contributed by atoms with van der Waals surface area (Å²) in [5.74, 6) is 0.422. The molecule has 0 fully saturated rings. The summed E-state index contributed by atoms with van der Waals surface area (Å²) in [6.45, 7) is 8.76. The Hall–Kier alpha value is -1.81. The normalized spacial score (nSPS) is 12.9. The van der Waals surface area contributed by atoms with Gasteiger partial charge in [0, 0.05) is 23.5 Å². The molecule has 21 heavy (non-hydrogen) atoms. The maximum absolute atomic E-state index is 12.0. The van der Waals surface area contributed by atoms with Crippen LogP contribution in [0.1, 0.15) is 43.4 Å². The molecule has 4 nitrogen and oxygen atoms in total. The predicted octanol–water partition coefficient (Wildman–Crippen LogP) is 2.87. The lowest BCUT2D eigenvalue weighted by Crippen LogP contribution is -2.38. The molecule has 0 radical (unpaired) electrons. The van der Waals surface area contributed by atoms with Gasteiger partial charge < -0.3 is 15.5 Å². The Labute approximate surface area is 125 Å². The molecule has 0 unspecified atom stereocenters. The van der Waals surface area contributed by atoms with Crippen molar-refractivity contribution in [2.45, 2.75) is 46.1 Å². The summed E-state index contributed by atoms with van der Waals surface area (Å²) in [6, 6.07) is 4.19. The SMILES string of the molecule is Cc1cc2occ(CC(=O)N[C@@H](C)CN)c2cc1C(C)C. The molecule has 0 aliphatic heterocycles. The van der Waals surface area contributed by atoms with Gasteiger partial charge in [0.2, 0.25) is 5.91 Å². The molecule has 1 atom stereocenters. The number of carbonyl (C=O) groups is 1. The quantitative estimate of drug-likeness (QED) is 0.889. The van der Waals surface area contributed by atoms with Crippen LogP contribution in [0.15, 0.2) is 22.8 Å². The first-order valence-electron chi connectivity index (χ1n) is 7.42. The molecule has 1 amide bonds. The van der Waals surface area contributed by atoms with Gasteiger partial charge in [0.1, 0.15) is 5.58 Å². The molecule has 1 heterocycles. The number of aryl methyl sites for hydroxylation is 1. The molecule has 2 aromatic rings. The van der Waals surface area contributed by atoms with E-state index >= 15 is 0 Å². The summed E-state index contributed by atoms with van der Waals surface area (Å²) < 4.78 is 5.59. The topological polar surface area (TPSA) is 68.3 Å². The number of furan rings is 1. The van der Waals surface area contributed by atoms with Crippen LogP contribution in [0.4, 0.5) is 0 Å². The van der Waals surface area contributed by atoms with E-state index in [-0.39, 0.29) is 11.9 Å². The fourth-order valence-corrected chi connectivity index (χ4v) is 2.56. The Bertz CT molecular complexity index is 644. The van der Waals surface area contributed by atoms with E-state index in [4.69, 9.17) is 10.2 Å². The highest BCUT2D eigenvalue weighted by Gasteiger charge is 2.14. The Morgan fingerprint density at radius 3 is 2.67 bits per heavy atom. The molecule has 0 saturated heterocycles. The first-order chi connectivity index (χ1) is 9.92. The van der Waals surface area contributed by atoms with Crippen molar-refractivity contribution in [1.29, 1.82) is 0 Å². The van der Waals surface area contributed by atoms with Crippen LogP contribution in [0.25, 0.3) is 11.0 Å². The minimum atomic E-state index is -0.0256. The highest BCUT2D eigenvalue weighted by atomic mass is 16.3. The maximum Gasteiger partial charge on any atom is 0.224 e. The Morgan fingerprint density at radius 2 is 2.05 bits per heavy atom. The van der Waals surface area contributed by atoms with E-state index in [0.29, 0.717) is 18.9 Å². The van der Waals surface area contributed by atoms with Gasteiger partial charge in [-0.2, -0.15) is 0 Å². The maximum atomic E-state index is 12.0. The van der Waals surface area contributed by atoms with Crippen molar-refractivity contribution in [3.05, 3.63) is 35.1 Å². The van der Waals surface area contributed by atoms with E-state index in [2.05, 4.69) is 38.2 Å². The van der Waals surface area contributed by atoms with Gasteiger partial charge in [0.25, 0.3) is 0 Å². The fourth-order valence-electron chi connectivity index (χ4n) is 2.56. The van der Waals surface area contributed by atoms with E-state index in [1.54, 1.807) is 6.26 Å². The van der Waals surface area contributed by atoms with E-state index in [0.717, 1.165) is 16.5 Å². The van der Waals surface area contributed by atoms with E-state index in [9.17, 15) is 4.79 Å². The molecule has 1 aromatic heterocycles. The third-order valence-electron chi connectivity index (χ3n) is 3.78. The summed E-state index contributed by atoms with van der Waals surface area (Å²) in [6.07, 6.45) is 2.00. The summed E-state index contributed by atoms with van der Waals surface area (Å²) in [5.41, 5.74) is 9.80. The fraction of sp³-hybridized carbons (Fsp3) is 0.471. The van der Waals surface area contributed by atoms with Crippen LogP contribution >= 0.6 is 0 Å². The first kappa shape index (κ1) is 15.6. The van der Waals surface area contributed by atoms with Gasteiger partial charge in [-0.15, -0.1) is 0 Å². The zero-order valence-corrected chi connectivity index (χ0v) is 13.2. The number of rotatable bonds is 5. The van der Waals surface area contributed by atoms with Crippen LogP contribution < -0.4 is 11.1 Å². The van der Waals surface area contributed by atoms with Crippen molar-refractivity contribution in [2.24, 2.45) is 5.73 Å². The molecule has 1 aromatic carbocycles. The standard InChI is InChI=1S/C17H24N2O2/c1-10(2)14-7-15-13(6-17(20)19-12(4)8-18)9-21-16(15)5-11(14)3/h5,7,9-10,12H,6,8,18H2,1-4H3,(H,19,20)/t12-/m0/s1. The van der Waals surface area contributed by atoms with Crippen LogP contribution in [0, 0.1) is 6.92 Å². The van der Waals surface area contributed by atoms with Crippen molar-refractivity contribution in [3.8, 4) is 0 Å². The number of hydrogen-bond acceptors (Lipinski definition) is 3. The van der Waals surface area contributed by atoms with Crippen molar-refractivity contribution in [1.82, 2.24) is 5.32 Å². The Kier molecular flexibility index (Phi) is 4.68. The molecule has 3 N–H and O–H groups in total. The Balaban J connectivity index is 2.28. The number of nitrogens with two attached hydrogens (primary N) is 1. The van der Waals surface area contributed by atoms with Crippen LogP contribution in [0.2, 0.25) is 0 Å². The number of fused-ring (bicyclic) bond motifs is 1. The van der Waals surface area contributed by atoms with Gasteiger partial charge in [-0.3, -0.25) is 4.79 Å². The number of hydrogen-bond donors (Lipinski definition) is 2. The molecule has 0 saturated carbocycles. The minimum absolute atomic E-state index is 0.0101. The molecule has 0 aliphatic rings. The van der Waals surface area contributed by atoms with Crippen LogP contribution in [0.5, 0.6) is 0 Å². The van der Waals surface area contributed by atoms with Crippen LogP contribution in [-0.2, 0) is 11.2 Å². The molecular formula is C17H24N2O2. The number of amides is 1. The zero-order valence-electron chi connectivity index (χ0n) is 13.2. The van der Waals surface area contributed by atoms with Crippen LogP contribution in [0.3, 0.4) is 0 Å². The largest absolute Gasteiger partial charge is 0.464 e. The lowest BCUT2D eigenvalue weighted by atomic mass is 9.95. The van der Waals surface area contributed by atoms with Crippen LogP contribution in [-0.4, -0.2) is 18.5 Å². The summed E-state index contributed by atoms with van der Waals surface area (Å²) in [5, 5.41) is 3.90. The van der Waals surface area contributed by atoms with Gasteiger partial charge in [-0.05, 0) is 43.0 Å². The van der Waals surface area contributed by atoms with Gasteiger partial charge in [-0.25, -0.2) is 0 Å².